The van der Waals surface area contributed by atoms with Gasteiger partial charge >= 0.3 is 17.2 Å². The predicted molar refractivity (Wildman–Crippen MR) is 86.7 cm³/mol. The molecule has 11 nitrogen and oxygen atoms in total. The van der Waals surface area contributed by atoms with Crippen LogP contribution in [0.2, 0.25) is 0 Å². The Balaban J connectivity index is 1.96. The van der Waals surface area contributed by atoms with Gasteiger partial charge in [0.25, 0.3) is 5.69 Å². The Morgan fingerprint density at radius 3 is 2.40 bits per heavy atom. The second-order valence-electron chi connectivity index (χ2n) is 5.74. The van der Waals surface area contributed by atoms with Gasteiger partial charge in [-0.3, -0.25) is 24.6 Å². The summed E-state index contributed by atoms with van der Waals surface area (Å²) in [7, 11) is 0. The molecule has 3 rings (SSSR count). The van der Waals surface area contributed by atoms with Gasteiger partial charge in [0.15, 0.2) is 0 Å². The summed E-state index contributed by atoms with van der Waals surface area (Å²) in [5.74, 6) is 0. The molecule has 132 valence electrons. The summed E-state index contributed by atoms with van der Waals surface area (Å²) in [5.41, 5.74) is -0.920. The molecule has 2 aromatic rings. The van der Waals surface area contributed by atoms with Crippen molar-refractivity contribution in [3.63, 3.8) is 0 Å². The van der Waals surface area contributed by atoms with Gasteiger partial charge in [0, 0.05) is 44.9 Å². The van der Waals surface area contributed by atoms with Gasteiger partial charge in [0.05, 0.1) is 16.0 Å². The number of rotatable bonds is 3. The van der Waals surface area contributed by atoms with E-state index in [0.717, 1.165) is 0 Å². The molecule has 0 radical (unpaired) electrons. The number of carbonyl (C=O) groups is 1. The molecule has 1 amide bonds. The van der Waals surface area contributed by atoms with E-state index in [0.29, 0.717) is 37.3 Å². The maximum atomic E-state index is 11.6. The standard InChI is InChI=1S/C14H15N5O6/c20-12-13(21)16-11-8(5-9(19(24)25)6-10(11)15-12)7-17-1-3-18(4-2-17)14(22)23/h5-6H,1-4,7H2,(H,15,20)(H,16,21)(H,22,23). The van der Waals surface area contributed by atoms with E-state index in [9.17, 15) is 24.5 Å². The summed E-state index contributed by atoms with van der Waals surface area (Å²) in [6.45, 7) is 1.87. The first kappa shape index (κ1) is 16.6. The van der Waals surface area contributed by atoms with Crippen molar-refractivity contribution in [2.45, 2.75) is 6.54 Å². The number of nitrogens with zero attached hydrogens (tertiary/aromatic N) is 3. The maximum absolute atomic E-state index is 11.6. The van der Waals surface area contributed by atoms with E-state index in [1.54, 1.807) is 0 Å². The van der Waals surface area contributed by atoms with Crippen molar-refractivity contribution in [1.82, 2.24) is 19.8 Å². The predicted octanol–water partition coefficient (Wildman–Crippen LogP) is -0.0798. The van der Waals surface area contributed by atoms with Gasteiger partial charge in [-0.2, -0.15) is 0 Å². The van der Waals surface area contributed by atoms with Crippen LogP contribution >= 0.6 is 0 Å². The van der Waals surface area contributed by atoms with Crippen LogP contribution in [0.5, 0.6) is 0 Å². The van der Waals surface area contributed by atoms with E-state index in [2.05, 4.69) is 9.97 Å². The molecule has 0 unspecified atom stereocenters. The second-order valence-corrected chi connectivity index (χ2v) is 5.74. The van der Waals surface area contributed by atoms with Crippen molar-refractivity contribution in [2.75, 3.05) is 26.2 Å². The zero-order valence-corrected chi connectivity index (χ0v) is 13.0. The average molecular weight is 349 g/mol. The highest BCUT2D eigenvalue weighted by atomic mass is 16.6. The molecule has 11 heteroatoms. The average Bonchev–Trinajstić information content (AvgIpc) is 2.56. The fourth-order valence-corrected chi connectivity index (χ4v) is 2.85. The molecule has 0 bridgehead atoms. The van der Waals surface area contributed by atoms with Gasteiger partial charge in [-0.1, -0.05) is 0 Å². The molecule has 1 saturated heterocycles. The number of hydrogen-bond acceptors (Lipinski definition) is 6. The van der Waals surface area contributed by atoms with Crippen LogP contribution in [0.4, 0.5) is 10.5 Å². The van der Waals surface area contributed by atoms with Gasteiger partial charge in [-0.25, -0.2) is 4.79 Å². The van der Waals surface area contributed by atoms with Gasteiger partial charge in [-0.05, 0) is 5.56 Å². The first-order chi connectivity index (χ1) is 11.8. The molecule has 0 spiro atoms. The molecule has 0 atom stereocenters. The number of nitro benzene ring substituents is 1. The van der Waals surface area contributed by atoms with Crippen LogP contribution in [0.1, 0.15) is 5.56 Å². The van der Waals surface area contributed by atoms with Gasteiger partial charge in [0.1, 0.15) is 0 Å². The van der Waals surface area contributed by atoms with Crippen molar-refractivity contribution in [2.24, 2.45) is 0 Å². The lowest BCUT2D eigenvalue weighted by Gasteiger charge is -2.33. The Morgan fingerprint density at radius 2 is 1.80 bits per heavy atom. The zero-order valence-electron chi connectivity index (χ0n) is 13.0. The number of amides is 1. The van der Waals surface area contributed by atoms with Crippen molar-refractivity contribution in [3.05, 3.63) is 48.5 Å². The molecule has 3 N–H and O–H groups in total. The Morgan fingerprint density at radius 1 is 1.16 bits per heavy atom. The summed E-state index contributed by atoms with van der Waals surface area (Å²) < 4.78 is 0. The minimum Gasteiger partial charge on any atom is -0.465 e. The van der Waals surface area contributed by atoms with Crippen LogP contribution in [0.15, 0.2) is 21.7 Å². The molecule has 0 saturated carbocycles. The van der Waals surface area contributed by atoms with Gasteiger partial charge in [-0.15, -0.1) is 0 Å². The third-order valence-corrected chi connectivity index (χ3v) is 4.15. The smallest absolute Gasteiger partial charge is 0.407 e. The monoisotopic (exact) mass is 349 g/mol. The minimum absolute atomic E-state index is 0.179. The number of hydrogen-bond donors (Lipinski definition) is 3. The number of non-ortho nitro benzene ring substituents is 1. The van der Waals surface area contributed by atoms with Gasteiger partial charge < -0.3 is 20.0 Å². The summed E-state index contributed by atoms with van der Waals surface area (Å²) in [6, 6.07) is 2.54. The zero-order chi connectivity index (χ0) is 18.1. The lowest BCUT2D eigenvalue weighted by molar-refractivity contribution is -0.384. The van der Waals surface area contributed by atoms with E-state index in [4.69, 9.17) is 5.11 Å². The molecule has 0 aliphatic carbocycles. The van der Waals surface area contributed by atoms with Crippen molar-refractivity contribution >= 4 is 22.8 Å². The molecule has 1 aromatic heterocycles. The number of H-pyrrole nitrogens is 2. The number of carboxylic acid groups (broad SMARTS) is 1. The molecular formula is C14H15N5O6. The molecule has 2 heterocycles. The van der Waals surface area contributed by atoms with E-state index in [1.165, 1.54) is 17.0 Å². The molecule has 1 fully saturated rings. The first-order valence-electron chi connectivity index (χ1n) is 7.49. The third-order valence-electron chi connectivity index (χ3n) is 4.15. The lowest BCUT2D eigenvalue weighted by Crippen LogP contribution is -2.47. The number of aromatic amines is 2. The second kappa shape index (κ2) is 6.36. The molecular weight excluding hydrogens is 334 g/mol. The van der Waals surface area contributed by atoms with Crippen molar-refractivity contribution in [3.8, 4) is 0 Å². The van der Waals surface area contributed by atoms with Crippen molar-refractivity contribution < 1.29 is 14.8 Å². The number of nitro groups is 1. The largest absolute Gasteiger partial charge is 0.465 e. The fraction of sp³-hybridized carbons (Fsp3) is 0.357. The van der Waals surface area contributed by atoms with E-state index < -0.39 is 22.1 Å². The maximum Gasteiger partial charge on any atom is 0.407 e. The van der Waals surface area contributed by atoms with E-state index in [-0.39, 0.29) is 17.7 Å². The number of aromatic nitrogens is 2. The highest BCUT2D eigenvalue weighted by Crippen LogP contribution is 2.23. The highest BCUT2D eigenvalue weighted by Gasteiger charge is 2.22. The Bertz CT molecular complexity index is 956. The van der Waals surface area contributed by atoms with Crippen molar-refractivity contribution in [1.29, 1.82) is 0 Å². The Hall–Kier alpha value is -3.21. The van der Waals surface area contributed by atoms with E-state index in [1.807, 2.05) is 4.90 Å². The number of benzene rings is 1. The van der Waals surface area contributed by atoms with Crippen LogP contribution < -0.4 is 11.1 Å². The molecule has 1 aliphatic heterocycles. The normalized spacial score (nSPS) is 15.4. The van der Waals surface area contributed by atoms with Crippen LogP contribution in [-0.4, -0.2) is 62.1 Å². The molecule has 25 heavy (non-hydrogen) atoms. The minimum atomic E-state index is -0.984. The number of nitrogens with one attached hydrogen (secondary N) is 2. The summed E-state index contributed by atoms with van der Waals surface area (Å²) in [6.07, 6.45) is -0.984. The fourth-order valence-electron chi connectivity index (χ4n) is 2.85. The topological polar surface area (TPSA) is 153 Å². The lowest BCUT2D eigenvalue weighted by atomic mass is 10.1. The summed E-state index contributed by atoms with van der Waals surface area (Å²) in [5, 5.41) is 20.1. The van der Waals surface area contributed by atoms with Crippen LogP contribution in [-0.2, 0) is 6.54 Å². The molecule has 1 aliphatic rings. The molecule has 1 aromatic carbocycles. The number of fused-ring (bicyclic) bond motifs is 1. The third kappa shape index (κ3) is 3.35. The summed E-state index contributed by atoms with van der Waals surface area (Å²) >= 11 is 0. The Kier molecular flexibility index (Phi) is 4.23. The van der Waals surface area contributed by atoms with Crippen LogP contribution in [0, 0.1) is 10.1 Å². The highest BCUT2D eigenvalue weighted by molar-refractivity contribution is 5.80. The first-order valence-corrected chi connectivity index (χ1v) is 7.49. The number of piperazine rings is 1. The van der Waals surface area contributed by atoms with E-state index >= 15 is 0 Å². The van der Waals surface area contributed by atoms with Crippen LogP contribution in [0.3, 0.4) is 0 Å². The summed E-state index contributed by atoms with van der Waals surface area (Å²) in [4.78, 5) is 52.6. The SMILES string of the molecule is O=C(O)N1CCN(Cc2cc([N+](=O)[O-])cc3[nH]c(=O)c(=O)[nH]c23)CC1. The Labute approximate surface area is 139 Å². The van der Waals surface area contributed by atoms with Crippen LogP contribution in [0.25, 0.3) is 11.0 Å². The quantitative estimate of drug-likeness (QED) is 0.398. The van der Waals surface area contributed by atoms with Gasteiger partial charge in [0.2, 0.25) is 0 Å².